The van der Waals surface area contributed by atoms with Crippen molar-refractivity contribution in [1.82, 2.24) is 0 Å². The van der Waals surface area contributed by atoms with E-state index in [-0.39, 0.29) is 6.42 Å². The van der Waals surface area contributed by atoms with Crippen molar-refractivity contribution < 1.29 is 15.0 Å². The summed E-state index contributed by atoms with van der Waals surface area (Å²) in [7, 11) is 0. The predicted octanol–water partition coefficient (Wildman–Crippen LogP) is 3.74. The molecule has 0 amide bonds. The number of aliphatic carboxylic acids is 1. The summed E-state index contributed by atoms with van der Waals surface area (Å²) in [6.07, 6.45) is 10.2. The van der Waals surface area contributed by atoms with Gasteiger partial charge in [0.25, 0.3) is 0 Å². The molecule has 2 N–H and O–H groups in total. The van der Waals surface area contributed by atoms with Gasteiger partial charge in [0, 0.05) is 0 Å². The van der Waals surface area contributed by atoms with Crippen LogP contribution in [0.1, 0.15) is 78.1 Å². The Hall–Kier alpha value is -0.570. The third-order valence-corrected chi connectivity index (χ3v) is 3.10. The van der Waals surface area contributed by atoms with Crippen molar-refractivity contribution in [2.24, 2.45) is 0 Å². The minimum atomic E-state index is -1.03. The minimum absolute atomic E-state index is 0.149. The smallest absolute Gasteiger partial charge is 0.306 e. The molecule has 3 nitrogen and oxygen atoms in total. The molecule has 3 heteroatoms. The molecule has 0 saturated carbocycles. The van der Waals surface area contributed by atoms with E-state index in [0.29, 0.717) is 6.42 Å². The zero-order valence-corrected chi connectivity index (χ0v) is 11.4. The maximum Gasteiger partial charge on any atom is 0.306 e. The van der Waals surface area contributed by atoms with Crippen LogP contribution in [-0.2, 0) is 4.79 Å². The van der Waals surface area contributed by atoms with Crippen LogP contribution in [0.2, 0.25) is 0 Å². The van der Waals surface area contributed by atoms with Crippen molar-refractivity contribution in [2.75, 3.05) is 0 Å². The summed E-state index contributed by atoms with van der Waals surface area (Å²) < 4.78 is 0. The maximum absolute atomic E-state index is 10.5. The van der Waals surface area contributed by atoms with E-state index in [9.17, 15) is 9.90 Å². The van der Waals surface area contributed by atoms with E-state index in [1.807, 2.05) is 0 Å². The molecule has 0 aliphatic carbocycles. The Bertz CT molecular complexity index is 200. The molecule has 0 heterocycles. The van der Waals surface area contributed by atoms with Crippen molar-refractivity contribution in [3.63, 3.8) is 0 Å². The highest BCUT2D eigenvalue weighted by atomic mass is 16.4. The van der Waals surface area contributed by atoms with Gasteiger partial charge in [-0.1, -0.05) is 58.3 Å². The van der Waals surface area contributed by atoms with Gasteiger partial charge < -0.3 is 10.2 Å². The van der Waals surface area contributed by atoms with Gasteiger partial charge in [0.05, 0.1) is 12.0 Å². The second-order valence-corrected chi connectivity index (χ2v) is 5.29. The van der Waals surface area contributed by atoms with Crippen LogP contribution in [0.25, 0.3) is 0 Å². The van der Waals surface area contributed by atoms with Crippen molar-refractivity contribution in [3.8, 4) is 0 Å². The van der Waals surface area contributed by atoms with Gasteiger partial charge in [-0.15, -0.1) is 0 Å². The minimum Gasteiger partial charge on any atom is -0.481 e. The summed E-state index contributed by atoms with van der Waals surface area (Å²) >= 11 is 0. The van der Waals surface area contributed by atoms with Crippen molar-refractivity contribution >= 4 is 5.97 Å². The highest BCUT2D eigenvalue weighted by molar-refractivity contribution is 5.67. The molecule has 0 saturated heterocycles. The van der Waals surface area contributed by atoms with Crippen molar-refractivity contribution in [1.29, 1.82) is 0 Å². The molecule has 0 fully saturated rings. The van der Waals surface area contributed by atoms with E-state index < -0.39 is 11.6 Å². The SMILES string of the molecule is CCCCCCCCCCC(C)(O)CC(=O)O. The lowest BCUT2D eigenvalue weighted by atomic mass is 9.94. The fourth-order valence-electron chi connectivity index (χ4n) is 2.05. The van der Waals surface area contributed by atoms with Gasteiger partial charge in [-0.05, 0) is 13.3 Å². The first kappa shape index (κ1) is 16.4. The molecular formula is C14H28O3. The molecule has 0 bridgehead atoms. The van der Waals surface area contributed by atoms with E-state index in [1.54, 1.807) is 6.92 Å². The van der Waals surface area contributed by atoms with Gasteiger partial charge in [0.2, 0.25) is 0 Å². The fourth-order valence-corrected chi connectivity index (χ4v) is 2.05. The number of carboxylic acids is 1. The first-order valence-corrected chi connectivity index (χ1v) is 6.92. The molecule has 1 atom stereocenters. The number of carboxylic acid groups (broad SMARTS) is 1. The van der Waals surface area contributed by atoms with Crippen LogP contribution >= 0.6 is 0 Å². The largest absolute Gasteiger partial charge is 0.481 e. The van der Waals surface area contributed by atoms with Crippen LogP contribution in [-0.4, -0.2) is 21.8 Å². The Morgan fingerprint density at radius 3 is 1.94 bits per heavy atom. The first-order valence-electron chi connectivity index (χ1n) is 6.92. The van der Waals surface area contributed by atoms with Gasteiger partial charge >= 0.3 is 5.97 Å². The molecular weight excluding hydrogens is 216 g/mol. The van der Waals surface area contributed by atoms with Crippen molar-refractivity contribution in [3.05, 3.63) is 0 Å². The van der Waals surface area contributed by atoms with E-state index >= 15 is 0 Å². The summed E-state index contributed by atoms with van der Waals surface area (Å²) in [5, 5.41) is 18.4. The highest BCUT2D eigenvalue weighted by Gasteiger charge is 2.23. The molecule has 0 aliphatic heterocycles. The Morgan fingerprint density at radius 1 is 1.00 bits per heavy atom. The molecule has 0 radical (unpaired) electrons. The van der Waals surface area contributed by atoms with Gasteiger partial charge in [-0.3, -0.25) is 4.79 Å². The molecule has 17 heavy (non-hydrogen) atoms. The average molecular weight is 244 g/mol. The topological polar surface area (TPSA) is 57.5 Å². The van der Waals surface area contributed by atoms with Crippen LogP contribution in [0.3, 0.4) is 0 Å². The summed E-state index contributed by atoms with van der Waals surface area (Å²) in [5.74, 6) is -0.922. The third kappa shape index (κ3) is 11.7. The Labute approximate surface area is 105 Å². The number of hydrogen-bond acceptors (Lipinski definition) is 2. The number of hydrogen-bond donors (Lipinski definition) is 2. The molecule has 0 aromatic carbocycles. The monoisotopic (exact) mass is 244 g/mol. The highest BCUT2D eigenvalue weighted by Crippen LogP contribution is 2.19. The maximum atomic E-state index is 10.5. The van der Waals surface area contributed by atoms with E-state index in [4.69, 9.17) is 5.11 Å². The summed E-state index contributed by atoms with van der Waals surface area (Å²) in [4.78, 5) is 10.5. The van der Waals surface area contributed by atoms with Gasteiger partial charge in [-0.2, -0.15) is 0 Å². The van der Waals surface area contributed by atoms with Gasteiger partial charge in [0.15, 0.2) is 0 Å². The Morgan fingerprint density at radius 2 is 1.47 bits per heavy atom. The molecule has 1 unspecified atom stereocenters. The van der Waals surface area contributed by atoms with Crippen LogP contribution in [0.15, 0.2) is 0 Å². The molecule has 0 aromatic heterocycles. The third-order valence-electron chi connectivity index (χ3n) is 3.10. The van der Waals surface area contributed by atoms with Crippen molar-refractivity contribution in [2.45, 2.75) is 83.7 Å². The number of aliphatic hydroxyl groups is 1. The molecule has 102 valence electrons. The summed E-state index contributed by atoms with van der Waals surface area (Å²) in [5.41, 5.74) is -1.03. The Kier molecular flexibility index (Phi) is 9.14. The Balaban J connectivity index is 3.35. The van der Waals surface area contributed by atoms with Crippen LogP contribution in [0, 0.1) is 0 Å². The lowest BCUT2D eigenvalue weighted by Gasteiger charge is -2.20. The van der Waals surface area contributed by atoms with Gasteiger partial charge in [0.1, 0.15) is 0 Å². The number of carbonyl (C=O) groups is 1. The molecule has 0 aliphatic rings. The van der Waals surface area contributed by atoms with E-state index in [0.717, 1.165) is 12.8 Å². The summed E-state index contributed by atoms with van der Waals surface area (Å²) in [6.45, 7) is 3.83. The second-order valence-electron chi connectivity index (χ2n) is 5.29. The standard InChI is InChI=1S/C14H28O3/c1-3-4-5-6-7-8-9-10-11-14(2,17)12-13(15)16/h17H,3-12H2,1-2H3,(H,15,16). The fraction of sp³-hybridized carbons (Fsp3) is 0.929. The average Bonchev–Trinajstić information content (AvgIpc) is 2.20. The molecule has 0 rings (SSSR count). The van der Waals surface area contributed by atoms with Crippen LogP contribution < -0.4 is 0 Å². The number of rotatable bonds is 11. The normalized spacial score (nSPS) is 14.5. The van der Waals surface area contributed by atoms with E-state index in [2.05, 4.69) is 6.92 Å². The predicted molar refractivity (Wildman–Crippen MR) is 70.1 cm³/mol. The first-order chi connectivity index (χ1) is 7.98. The summed E-state index contributed by atoms with van der Waals surface area (Å²) in [6, 6.07) is 0. The van der Waals surface area contributed by atoms with E-state index in [1.165, 1.54) is 38.5 Å². The lowest BCUT2D eigenvalue weighted by Crippen LogP contribution is -2.27. The molecule has 0 spiro atoms. The van der Waals surface area contributed by atoms with Gasteiger partial charge in [-0.25, -0.2) is 0 Å². The quantitative estimate of drug-likeness (QED) is 0.544. The van der Waals surface area contributed by atoms with Crippen LogP contribution in [0.5, 0.6) is 0 Å². The lowest BCUT2D eigenvalue weighted by molar-refractivity contribution is -0.142. The molecule has 0 aromatic rings. The number of unbranched alkanes of at least 4 members (excludes halogenated alkanes) is 7. The zero-order valence-electron chi connectivity index (χ0n) is 11.4. The zero-order chi connectivity index (χ0) is 13.1. The van der Waals surface area contributed by atoms with Crippen LogP contribution in [0.4, 0.5) is 0 Å². The second kappa shape index (κ2) is 9.46.